The quantitative estimate of drug-likeness (QED) is 0.168. The monoisotopic (exact) mass is 223 g/mol. The van der Waals surface area contributed by atoms with Crippen LogP contribution in [0.3, 0.4) is 0 Å². The van der Waals surface area contributed by atoms with Crippen LogP contribution in [0.25, 0.3) is 0 Å². The Morgan fingerprint density at radius 1 is 1.56 bits per heavy atom. The fourth-order valence-electron chi connectivity index (χ4n) is 1.20. The number of carbonyl (C=O) groups excluding carboxylic acids is 1. The Bertz CT molecular complexity index is 429. The molecule has 0 fully saturated rings. The van der Waals surface area contributed by atoms with Gasteiger partial charge in [-0.25, -0.2) is 0 Å². The molecule has 0 heterocycles. The van der Waals surface area contributed by atoms with Gasteiger partial charge in [-0.05, 0) is 11.6 Å². The van der Waals surface area contributed by atoms with Crippen molar-refractivity contribution in [3.8, 4) is 0 Å². The number of anilines is 1. The molecule has 5 N–H and O–H groups in total. The first-order chi connectivity index (χ1) is 7.58. The molecule has 1 rings (SSSR count). The summed E-state index contributed by atoms with van der Waals surface area (Å²) in [6, 6.07) is 4.79. The topological polar surface area (TPSA) is 111 Å². The summed E-state index contributed by atoms with van der Waals surface area (Å²) in [5, 5.41) is 11.3. The highest BCUT2D eigenvalue weighted by Gasteiger charge is 2.08. The molecule has 0 saturated carbocycles. The molecule has 0 atom stereocenters. The summed E-state index contributed by atoms with van der Waals surface area (Å²) < 4.78 is 4.53. The second-order valence-electron chi connectivity index (χ2n) is 3.15. The number of hydrogen-bond donors (Lipinski definition) is 3. The van der Waals surface area contributed by atoms with Crippen molar-refractivity contribution < 1.29 is 14.7 Å². The second-order valence-corrected chi connectivity index (χ2v) is 3.15. The average Bonchev–Trinajstić information content (AvgIpc) is 2.30. The van der Waals surface area contributed by atoms with Gasteiger partial charge in [0.2, 0.25) is 0 Å². The van der Waals surface area contributed by atoms with E-state index in [1.165, 1.54) is 13.2 Å². The summed E-state index contributed by atoms with van der Waals surface area (Å²) in [6.45, 7) is 0. The third-order valence-electron chi connectivity index (χ3n) is 2.11. The van der Waals surface area contributed by atoms with E-state index in [0.717, 1.165) is 0 Å². The van der Waals surface area contributed by atoms with E-state index in [1.54, 1.807) is 12.1 Å². The lowest BCUT2D eigenvalue weighted by atomic mass is 10.1. The third-order valence-corrected chi connectivity index (χ3v) is 2.11. The van der Waals surface area contributed by atoms with Crippen molar-refractivity contribution in [2.75, 3.05) is 12.8 Å². The number of esters is 1. The van der Waals surface area contributed by atoms with E-state index >= 15 is 0 Å². The maximum absolute atomic E-state index is 11.0. The molecule has 6 heteroatoms. The van der Waals surface area contributed by atoms with Crippen LogP contribution < -0.4 is 11.5 Å². The molecule has 0 amide bonds. The molecule has 0 aromatic heterocycles. The average molecular weight is 223 g/mol. The smallest absolute Gasteiger partial charge is 0.310 e. The molecule has 0 saturated heterocycles. The molecule has 1 aromatic rings. The number of amidine groups is 1. The summed E-state index contributed by atoms with van der Waals surface area (Å²) in [4.78, 5) is 11.0. The Labute approximate surface area is 92.5 Å². The Kier molecular flexibility index (Phi) is 3.71. The van der Waals surface area contributed by atoms with Crippen LogP contribution in [0.5, 0.6) is 0 Å². The summed E-state index contributed by atoms with van der Waals surface area (Å²) in [6.07, 6.45) is 0.0960. The standard InChI is InChI=1S/C10H13N3O3/c1-16-9(14)5-6-2-3-7(4-8(6)11)10(12)13-15/h2-4,15H,5,11H2,1H3,(H2,12,13). The summed E-state index contributed by atoms with van der Waals surface area (Å²) in [5.41, 5.74) is 12.6. The van der Waals surface area contributed by atoms with E-state index < -0.39 is 0 Å². The molecule has 16 heavy (non-hydrogen) atoms. The van der Waals surface area contributed by atoms with Crippen LogP contribution in [0.4, 0.5) is 5.69 Å². The predicted molar refractivity (Wildman–Crippen MR) is 59.1 cm³/mol. The van der Waals surface area contributed by atoms with Crippen molar-refractivity contribution >= 4 is 17.5 Å². The number of methoxy groups -OCH3 is 1. The summed E-state index contributed by atoms with van der Waals surface area (Å²) >= 11 is 0. The lowest BCUT2D eigenvalue weighted by Crippen LogP contribution is -2.14. The minimum Gasteiger partial charge on any atom is -0.469 e. The molecule has 0 bridgehead atoms. The fraction of sp³-hybridized carbons (Fsp3) is 0.200. The highest BCUT2D eigenvalue weighted by Crippen LogP contribution is 2.15. The first-order valence-electron chi connectivity index (χ1n) is 4.51. The molecule has 6 nitrogen and oxygen atoms in total. The van der Waals surface area contributed by atoms with Crippen LogP contribution in [-0.2, 0) is 16.0 Å². The number of nitrogen functional groups attached to an aromatic ring is 1. The van der Waals surface area contributed by atoms with Gasteiger partial charge >= 0.3 is 5.97 Å². The number of ether oxygens (including phenoxy) is 1. The van der Waals surface area contributed by atoms with Crippen LogP contribution in [0.15, 0.2) is 23.4 Å². The SMILES string of the molecule is COC(=O)Cc1ccc(C(N)=NO)cc1N. The number of oxime groups is 1. The second kappa shape index (κ2) is 5.01. The number of benzene rings is 1. The van der Waals surface area contributed by atoms with Crippen LogP contribution in [0, 0.1) is 0 Å². The molecule has 0 spiro atoms. The zero-order valence-corrected chi connectivity index (χ0v) is 8.80. The third kappa shape index (κ3) is 2.63. The van der Waals surface area contributed by atoms with Crippen molar-refractivity contribution in [2.24, 2.45) is 10.9 Å². The molecule has 1 aromatic carbocycles. The number of rotatable bonds is 3. The van der Waals surface area contributed by atoms with E-state index in [-0.39, 0.29) is 18.2 Å². The molecule has 0 aliphatic heterocycles. The van der Waals surface area contributed by atoms with Crippen molar-refractivity contribution in [1.29, 1.82) is 0 Å². The zero-order valence-electron chi connectivity index (χ0n) is 8.80. The summed E-state index contributed by atoms with van der Waals surface area (Å²) in [5.74, 6) is -0.403. The minimum atomic E-state index is -0.372. The first kappa shape index (κ1) is 11.8. The van der Waals surface area contributed by atoms with Crippen LogP contribution in [0.2, 0.25) is 0 Å². The fourth-order valence-corrected chi connectivity index (χ4v) is 1.20. The predicted octanol–water partition coefficient (Wildman–Crippen LogP) is 0.0788. The van der Waals surface area contributed by atoms with Crippen molar-refractivity contribution in [3.63, 3.8) is 0 Å². The van der Waals surface area contributed by atoms with Crippen LogP contribution in [0.1, 0.15) is 11.1 Å². The van der Waals surface area contributed by atoms with Gasteiger partial charge in [0.1, 0.15) is 0 Å². The molecule has 0 aliphatic carbocycles. The maximum Gasteiger partial charge on any atom is 0.310 e. The van der Waals surface area contributed by atoms with Gasteiger partial charge in [0, 0.05) is 11.3 Å². The highest BCUT2D eigenvalue weighted by molar-refractivity contribution is 5.98. The molecule has 0 unspecified atom stereocenters. The van der Waals surface area contributed by atoms with Gasteiger partial charge in [0.25, 0.3) is 0 Å². The lowest BCUT2D eigenvalue weighted by Gasteiger charge is -2.06. The number of nitrogens with two attached hydrogens (primary N) is 2. The van der Waals surface area contributed by atoms with Gasteiger partial charge in [0.15, 0.2) is 5.84 Å². The number of nitrogens with zero attached hydrogens (tertiary/aromatic N) is 1. The number of carbonyl (C=O) groups is 1. The van der Waals surface area contributed by atoms with Crippen LogP contribution >= 0.6 is 0 Å². The van der Waals surface area contributed by atoms with Crippen molar-refractivity contribution in [3.05, 3.63) is 29.3 Å². The Morgan fingerprint density at radius 2 is 2.25 bits per heavy atom. The Hall–Kier alpha value is -2.24. The molecule has 0 aliphatic rings. The lowest BCUT2D eigenvalue weighted by molar-refractivity contribution is -0.139. The molecule has 0 radical (unpaired) electrons. The number of hydrogen-bond acceptors (Lipinski definition) is 5. The van der Waals surface area contributed by atoms with Crippen LogP contribution in [-0.4, -0.2) is 24.1 Å². The molecule has 86 valence electrons. The van der Waals surface area contributed by atoms with Gasteiger partial charge in [-0.15, -0.1) is 0 Å². The minimum absolute atomic E-state index is 0.0312. The van der Waals surface area contributed by atoms with Gasteiger partial charge in [-0.1, -0.05) is 17.3 Å². The van der Waals surface area contributed by atoms with E-state index in [4.69, 9.17) is 16.7 Å². The molecular weight excluding hydrogens is 210 g/mol. The van der Waals surface area contributed by atoms with E-state index in [2.05, 4.69) is 9.89 Å². The van der Waals surface area contributed by atoms with E-state index in [9.17, 15) is 4.79 Å². The van der Waals surface area contributed by atoms with Gasteiger partial charge in [-0.3, -0.25) is 4.79 Å². The van der Waals surface area contributed by atoms with Gasteiger partial charge < -0.3 is 21.4 Å². The highest BCUT2D eigenvalue weighted by atomic mass is 16.5. The van der Waals surface area contributed by atoms with Gasteiger partial charge in [0.05, 0.1) is 13.5 Å². The van der Waals surface area contributed by atoms with E-state index in [1.807, 2.05) is 0 Å². The normalized spacial score (nSPS) is 11.2. The van der Waals surface area contributed by atoms with Crippen molar-refractivity contribution in [2.45, 2.75) is 6.42 Å². The van der Waals surface area contributed by atoms with Crippen molar-refractivity contribution in [1.82, 2.24) is 0 Å². The Morgan fingerprint density at radius 3 is 2.75 bits per heavy atom. The zero-order chi connectivity index (χ0) is 12.1. The molecular formula is C10H13N3O3. The first-order valence-corrected chi connectivity index (χ1v) is 4.51. The van der Waals surface area contributed by atoms with E-state index in [0.29, 0.717) is 16.8 Å². The Balaban J connectivity index is 2.96. The summed E-state index contributed by atoms with van der Waals surface area (Å²) in [7, 11) is 1.31. The van der Waals surface area contributed by atoms with Gasteiger partial charge in [-0.2, -0.15) is 0 Å². The maximum atomic E-state index is 11.0. The largest absolute Gasteiger partial charge is 0.469 e.